The molecule has 1 aromatic carbocycles. The van der Waals surface area contributed by atoms with Crippen molar-refractivity contribution in [3.8, 4) is 0 Å². The molecule has 1 amide bonds. The average Bonchev–Trinajstić information content (AvgIpc) is 3.25. The molecule has 0 radical (unpaired) electrons. The lowest BCUT2D eigenvalue weighted by atomic mass is 9.92. The van der Waals surface area contributed by atoms with Crippen molar-refractivity contribution in [1.82, 2.24) is 30.1 Å². The van der Waals surface area contributed by atoms with Gasteiger partial charge in [-0.05, 0) is 66.8 Å². The Balaban J connectivity index is 1.43. The first-order valence-electron chi connectivity index (χ1n) is 10.6. The molecule has 156 valence electrons. The first kappa shape index (κ1) is 20.2. The predicted molar refractivity (Wildman–Crippen MR) is 114 cm³/mol. The van der Waals surface area contributed by atoms with E-state index in [0.29, 0.717) is 13.0 Å². The number of hydrogen-bond acceptors (Lipinski definition) is 5. The summed E-state index contributed by atoms with van der Waals surface area (Å²) in [7, 11) is 0. The Hall–Kier alpha value is -3.09. The van der Waals surface area contributed by atoms with E-state index in [2.05, 4.69) is 65.8 Å². The van der Waals surface area contributed by atoms with E-state index in [1.165, 1.54) is 16.7 Å². The fourth-order valence-corrected chi connectivity index (χ4v) is 4.23. The third-order valence-corrected chi connectivity index (χ3v) is 5.66. The average molecular weight is 405 g/mol. The molecule has 1 atom stereocenters. The zero-order valence-corrected chi connectivity index (χ0v) is 17.7. The Morgan fingerprint density at radius 3 is 2.87 bits per heavy atom. The van der Waals surface area contributed by atoms with Crippen LogP contribution in [0.3, 0.4) is 0 Å². The summed E-state index contributed by atoms with van der Waals surface area (Å²) in [6.45, 7) is 6.24. The number of aromatic nitrogens is 5. The van der Waals surface area contributed by atoms with Crippen LogP contribution in [0.2, 0.25) is 0 Å². The molecule has 4 rings (SSSR count). The number of hydrogen-bond donors (Lipinski definition) is 0. The molecule has 1 aliphatic heterocycles. The second-order valence-electron chi connectivity index (χ2n) is 8.21. The molecular formula is C23H28N6O. The maximum atomic E-state index is 12.7. The highest BCUT2D eigenvalue weighted by Crippen LogP contribution is 2.27. The van der Waals surface area contributed by atoms with Gasteiger partial charge in [-0.2, -0.15) is 0 Å². The van der Waals surface area contributed by atoms with Gasteiger partial charge in [-0.3, -0.25) is 9.78 Å². The fraction of sp³-hybridized carbons (Fsp3) is 0.435. The van der Waals surface area contributed by atoms with Crippen molar-refractivity contribution in [2.75, 3.05) is 13.1 Å². The number of likely N-dealkylation sites (tertiary alicyclic amines) is 1. The van der Waals surface area contributed by atoms with Gasteiger partial charge in [0, 0.05) is 36.8 Å². The second kappa shape index (κ2) is 9.15. The van der Waals surface area contributed by atoms with Crippen molar-refractivity contribution < 1.29 is 4.79 Å². The summed E-state index contributed by atoms with van der Waals surface area (Å²) in [4.78, 5) is 19.5. The van der Waals surface area contributed by atoms with Gasteiger partial charge in [-0.1, -0.05) is 29.8 Å². The maximum Gasteiger partial charge on any atom is 0.224 e. The second-order valence-corrected chi connectivity index (χ2v) is 8.21. The van der Waals surface area contributed by atoms with Crippen molar-refractivity contribution in [3.63, 3.8) is 0 Å². The molecule has 7 heteroatoms. The Morgan fingerprint density at radius 2 is 2.07 bits per heavy atom. The van der Waals surface area contributed by atoms with Gasteiger partial charge in [0.05, 0.1) is 6.54 Å². The third kappa shape index (κ3) is 5.09. The number of carbonyl (C=O) groups excluding carboxylic acids is 1. The number of tetrazole rings is 1. The van der Waals surface area contributed by atoms with E-state index >= 15 is 0 Å². The fourth-order valence-electron chi connectivity index (χ4n) is 4.23. The summed E-state index contributed by atoms with van der Waals surface area (Å²) in [5.41, 5.74) is 6.02. The zero-order valence-electron chi connectivity index (χ0n) is 17.7. The van der Waals surface area contributed by atoms with E-state index in [1.54, 1.807) is 11.0 Å². The van der Waals surface area contributed by atoms with Crippen LogP contribution in [-0.2, 0) is 17.8 Å². The van der Waals surface area contributed by atoms with Gasteiger partial charge >= 0.3 is 0 Å². The molecule has 0 saturated carbocycles. The highest BCUT2D eigenvalue weighted by molar-refractivity contribution is 5.76. The van der Waals surface area contributed by atoms with Crippen molar-refractivity contribution in [2.24, 2.45) is 0 Å². The molecule has 0 N–H and O–H groups in total. The van der Waals surface area contributed by atoms with Gasteiger partial charge in [-0.15, -0.1) is 5.10 Å². The van der Waals surface area contributed by atoms with Gasteiger partial charge < -0.3 is 4.90 Å². The molecule has 0 unspecified atom stereocenters. The van der Waals surface area contributed by atoms with E-state index < -0.39 is 0 Å². The minimum absolute atomic E-state index is 0.155. The lowest BCUT2D eigenvalue weighted by Gasteiger charge is -2.33. The summed E-state index contributed by atoms with van der Waals surface area (Å²) < 4.78 is 1.60. The molecule has 3 aromatic rings. The lowest BCUT2D eigenvalue weighted by Crippen LogP contribution is -2.39. The van der Waals surface area contributed by atoms with Gasteiger partial charge in [0.25, 0.3) is 0 Å². The van der Waals surface area contributed by atoms with Gasteiger partial charge in [0.2, 0.25) is 5.91 Å². The first-order valence-corrected chi connectivity index (χ1v) is 10.6. The van der Waals surface area contributed by atoms with Crippen LogP contribution in [0.5, 0.6) is 0 Å². The molecule has 30 heavy (non-hydrogen) atoms. The van der Waals surface area contributed by atoms with Crippen LogP contribution >= 0.6 is 0 Å². The number of aryl methyl sites for hydroxylation is 3. The standard InChI is InChI=1S/C23H28N6O/c1-17-5-3-6-19(11-17)13-20-12-18(2)25-22(14-20)21-7-4-9-28(15-21)23(30)8-10-29-16-24-26-27-29/h3,5-6,11-12,14,16,21H,4,7-10,13,15H2,1-2H3/t21-/m0/s1. The van der Waals surface area contributed by atoms with E-state index in [-0.39, 0.29) is 11.8 Å². The summed E-state index contributed by atoms with van der Waals surface area (Å²) in [5.74, 6) is 0.440. The van der Waals surface area contributed by atoms with Gasteiger partial charge in [0.1, 0.15) is 6.33 Å². The molecule has 0 aliphatic carbocycles. The lowest BCUT2D eigenvalue weighted by molar-refractivity contribution is -0.132. The maximum absolute atomic E-state index is 12.7. The van der Waals surface area contributed by atoms with Crippen LogP contribution in [0.25, 0.3) is 0 Å². The van der Waals surface area contributed by atoms with Gasteiger partial charge in [-0.25, -0.2) is 4.68 Å². The van der Waals surface area contributed by atoms with Crippen molar-refractivity contribution in [3.05, 3.63) is 70.8 Å². The first-order chi connectivity index (χ1) is 14.6. The number of benzene rings is 1. The topological polar surface area (TPSA) is 76.8 Å². The summed E-state index contributed by atoms with van der Waals surface area (Å²) >= 11 is 0. The Bertz CT molecular complexity index is 1000. The predicted octanol–water partition coefficient (Wildman–Crippen LogP) is 3.07. The number of nitrogens with zero attached hydrogens (tertiary/aromatic N) is 6. The summed E-state index contributed by atoms with van der Waals surface area (Å²) in [5, 5.41) is 11.1. The number of piperidine rings is 1. The molecule has 3 heterocycles. The van der Waals surface area contributed by atoms with Crippen LogP contribution in [0.15, 0.2) is 42.7 Å². The largest absolute Gasteiger partial charge is 0.342 e. The monoisotopic (exact) mass is 404 g/mol. The van der Waals surface area contributed by atoms with Gasteiger partial charge in [0.15, 0.2) is 0 Å². The third-order valence-electron chi connectivity index (χ3n) is 5.66. The van der Waals surface area contributed by atoms with Crippen molar-refractivity contribution >= 4 is 5.91 Å². The number of pyridine rings is 1. The molecule has 1 aliphatic rings. The molecule has 1 saturated heterocycles. The highest BCUT2D eigenvalue weighted by Gasteiger charge is 2.26. The number of amides is 1. The van der Waals surface area contributed by atoms with Crippen molar-refractivity contribution in [1.29, 1.82) is 0 Å². The van der Waals surface area contributed by atoms with Crippen molar-refractivity contribution in [2.45, 2.75) is 52.0 Å². The summed E-state index contributed by atoms with van der Waals surface area (Å²) in [6, 6.07) is 13.0. The minimum Gasteiger partial charge on any atom is -0.342 e. The van der Waals surface area contributed by atoms with Crippen LogP contribution in [0.1, 0.15) is 53.3 Å². The highest BCUT2D eigenvalue weighted by atomic mass is 16.2. The van der Waals surface area contributed by atoms with Crippen LogP contribution in [-0.4, -0.2) is 49.1 Å². The number of rotatable bonds is 6. The smallest absolute Gasteiger partial charge is 0.224 e. The van der Waals surface area contributed by atoms with Crippen LogP contribution < -0.4 is 0 Å². The molecule has 2 aromatic heterocycles. The molecular weight excluding hydrogens is 376 g/mol. The van der Waals surface area contributed by atoms with Crippen LogP contribution in [0, 0.1) is 13.8 Å². The zero-order chi connectivity index (χ0) is 20.9. The molecule has 0 bridgehead atoms. The molecule has 1 fully saturated rings. The van der Waals surface area contributed by atoms with Crippen LogP contribution in [0.4, 0.5) is 0 Å². The Morgan fingerprint density at radius 1 is 1.17 bits per heavy atom. The van der Waals surface area contributed by atoms with E-state index in [9.17, 15) is 4.79 Å². The normalized spacial score (nSPS) is 16.6. The van der Waals surface area contributed by atoms with E-state index in [4.69, 9.17) is 4.98 Å². The minimum atomic E-state index is 0.155. The SMILES string of the molecule is Cc1cccc(Cc2cc(C)nc([C@H]3CCCN(C(=O)CCn4cnnn4)C3)c2)c1. The molecule has 7 nitrogen and oxygen atoms in total. The quantitative estimate of drug-likeness (QED) is 0.631. The Kier molecular flexibility index (Phi) is 6.16. The summed E-state index contributed by atoms with van der Waals surface area (Å²) in [6.07, 6.45) is 4.93. The number of carbonyl (C=O) groups is 1. The molecule has 0 spiro atoms. The van der Waals surface area contributed by atoms with E-state index in [1.807, 2.05) is 4.90 Å². The Labute approximate surface area is 177 Å². The van der Waals surface area contributed by atoms with E-state index in [0.717, 1.165) is 43.7 Å².